The average molecular weight is 478 g/mol. The Hall–Kier alpha value is -2.68. The Bertz CT molecular complexity index is 1050. The third-order valence-electron chi connectivity index (χ3n) is 4.22. The summed E-state index contributed by atoms with van der Waals surface area (Å²) in [5, 5.41) is 9.12. The first-order chi connectivity index (χ1) is 14.6. The van der Waals surface area contributed by atoms with E-state index in [1.54, 1.807) is 6.20 Å². The molecule has 0 aliphatic carbocycles. The molecule has 0 radical (unpaired) electrons. The molecule has 2 aromatic rings. The minimum absolute atomic E-state index is 0.126. The van der Waals surface area contributed by atoms with E-state index in [9.17, 15) is 26.4 Å². The molecular weight excluding hydrogens is 461 g/mol. The molecule has 0 spiro atoms. The molecule has 9 nitrogen and oxygen atoms in total. The van der Waals surface area contributed by atoms with E-state index in [4.69, 9.17) is 5.21 Å². The first-order valence-electron chi connectivity index (χ1n) is 8.77. The highest BCUT2D eigenvalue weighted by Crippen LogP contribution is 2.28. The SMILES string of the molecule is O=C(/C=C/c1cnc(N2CCN(S(=O)(=O)c3ccc(OC(F)(F)F)cc3)CC2)s1)NO. The van der Waals surface area contributed by atoms with E-state index < -0.39 is 28.0 Å². The normalized spacial score (nSPS) is 15.9. The summed E-state index contributed by atoms with van der Waals surface area (Å²) in [6.07, 6.45) is -0.672. The van der Waals surface area contributed by atoms with Gasteiger partial charge in [0.2, 0.25) is 10.0 Å². The van der Waals surface area contributed by atoms with Crippen LogP contribution in [0, 0.1) is 0 Å². The lowest BCUT2D eigenvalue weighted by Gasteiger charge is -2.33. The van der Waals surface area contributed by atoms with Gasteiger partial charge in [-0.05, 0) is 30.3 Å². The largest absolute Gasteiger partial charge is 0.573 e. The molecule has 2 heterocycles. The number of rotatable bonds is 6. The van der Waals surface area contributed by atoms with Crippen molar-refractivity contribution < 1.29 is 36.3 Å². The predicted octanol–water partition coefficient (Wildman–Crippen LogP) is 2.07. The third-order valence-corrected chi connectivity index (χ3v) is 7.16. The molecule has 1 aromatic carbocycles. The lowest BCUT2D eigenvalue weighted by Crippen LogP contribution is -2.48. The van der Waals surface area contributed by atoms with Gasteiger partial charge in [-0.3, -0.25) is 10.0 Å². The van der Waals surface area contributed by atoms with Crippen LogP contribution in [0.25, 0.3) is 6.08 Å². The summed E-state index contributed by atoms with van der Waals surface area (Å²) >= 11 is 1.30. The number of thiazole rings is 1. The van der Waals surface area contributed by atoms with Crippen molar-refractivity contribution in [3.63, 3.8) is 0 Å². The topological polar surface area (TPSA) is 112 Å². The molecule has 2 N–H and O–H groups in total. The van der Waals surface area contributed by atoms with Crippen LogP contribution in [0.1, 0.15) is 4.88 Å². The molecule has 1 saturated heterocycles. The number of anilines is 1. The number of amides is 1. The number of nitrogens with one attached hydrogen (secondary N) is 1. The molecule has 0 unspecified atom stereocenters. The molecule has 0 atom stereocenters. The van der Waals surface area contributed by atoms with Crippen LogP contribution in [0.5, 0.6) is 5.75 Å². The molecule has 1 aromatic heterocycles. The van der Waals surface area contributed by atoms with Crippen LogP contribution in [-0.4, -0.2) is 61.4 Å². The minimum Gasteiger partial charge on any atom is -0.406 e. The van der Waals surface area contributed by atoms with Crippen molar-refractivity contribution in [3.8, 4) is 5.75 Å². The zero-order chi connectivity index (χ0) is 22.6. The molecule has 168 valence electrons. The number of halogens is 3. The maximum Gasteiger partial charge on any atom is 0.573 e. The van der Waals surface area contributed by atoms with Crippen molar-refractivity contribution in [1.29, 1.82) is 0 Å². The first kappa shape index (κ1) is 23.0. The molecule has 1 aliphatic rings. The zero-order valence-corrected chi connectivity index (χ0v) is 17.4. The van der Waals surface area contributed by atoms with Crippen LogP contribution in [0.3, 0.4) is 0 Å². The summed E-state index contributed by atoms with van der Waals surface area (Å²) in [5.74, 6) is -1.17. The average Bonchev–Trinajstić information content (AvgIpc) is 3.20. The lowest BCUT2D eigenvalue weighted by atomic mass is 10.3. The van der Waals surface area contributed by atoms with Crippen molar-refractivity contribution in [2.75, 3.05) is 31.1 Å². The van der Waals surface area contributed by atoms with Crippen molar-refractivity contribution >= 4 is 38.5 Å². The number of benzene rings is 1. The molecular formula is C17H17F3N4O5S2. The molecule has 1 fully saturated rings. The predicted molar refractivity (Wildman–Crippen MR) is 105 cm³/mol. The van der Waals surface area contributed by atoms with Gasteiger partial charge in [0.05, 0.1) is 4.90 Å². The molecule has 1 amide bonds. The molecule has 0 saturated carbocycles. The Labute approximate surface area is 179 Å². The number of piperazine rings is 1. The van der Waals surface area contributed by atoms with Gasteiger partial charge in [-0.25, -0.2) is 18.9 Å². The van der Waals surface area contributed by atoms with Gasteiger partial charge in [-0.2, -0.15) is 4.31 Å². The van der Waals surface area contributed by atoms with Crippen LogP contribution < -0.4 is 15.1 Å². The summed E-state index contributed by atoms with van der Waals surface area (Å²) in [6.45, 7) is 1.06. The van der Waals surface area contributed by atoms with Crippen LogP contribution in [0.4, 0.5) is 18.3 Å². The zero-order valence-electron chi connectivity index (χ0n) is 15.7. The van der Waals surface area contributed by atoms with Gasteiger partial charge in [-0.1, -0.05) is 11.3 Å². The number of alkyl halides is 3. The van der Waals surface area contributed by atoms with Crippen LogP contribution in [-0.2, 0) is 14.8 Å². The van der Waals surface area contributed by atoms with Gasteiger partial charge in [0, 0.05) is 43.3 Å². The highest BCUT2D eigenvalue weighted by Gasteiger charge is 2.32. The third kappa shape index (κ3) is 5.94. The second kappa shape index (κ2) is 9.21. The lowest BCUT2D eigenvalue weighted by molar-refractivity contribution is -0.274. The Morgan fingerprint density at radius 1 is 1.19 bits per heavy atom. The standard InChI is InChI=1S/C17H17F3N4O5S2/c18-17(19,20)29-12-1-4-14(5-2-12)31(27,28)24-9-7-23(8-10-24)16-21-11-13(30-16)3-6-15(25)22-26/h1-6,11,26H,7-10H2,(H,22,25)/b6-3+. The molecule has 0 bridgehead atoms. The van der Waals surface area contributed by atoms with E-state index in [0.717, 1.165) is 30.3 Å². The Kier molecular flexibility index (Phi) is 6.83. The number of aromatic nitrogens is 1. The fourth-order valence-corrected chi connectivity index (χ4v) is 5.07. The monoisotopic (exact) mass is 478 g/mol. The Balaban J connectivity index is 1.62. The second-order valence-electron chi connectivity index (χ2n) is 6.26. The fourth-order valence-electron chi connectivity index (χ4n) is 2.78. The summed E-state index contributed by atoms with van der Waals surface area (Å²) in [7, 11) is -3.87. The van der Waals surface area contributed by atoms with Crippen molar-refractivity contribution in [2.45, 2.75) is 11.3 Å². The first-order valence-corrected chi connectivity index (χ1v) is 11.0. The van der Waals surface area contributed by atoms with Gasteiger partial charge >= 0.3 is 6.36 Å². The molecule has 14 heteroatoms. The molecule has 3 rings (SSSR count). The van der Waals surface area contributed by atoms with Crippen molar-refractivity contribution in [2.24, 2.45) is 0 Å². The van der Waals surface area contributed by atoms with Gasteiger partial charge in [0.15, 0.2) is 5.13 Å². The second-order valence-corrected chi connectivity index (χ2v) is 9.24. The smallest absolute Gasteiger partial charge is 0.406 e. The van der Waals surface area contributed by atoms with Gasteiger partial charge < -0.3 is 9.64 Å². The summed E-state index contributed by atoms with van der Waals surface area (Å²) in [6, 6.07) is 4.06. The number of hydrogen-bond donors (Lipinski definition) is 2. The Morgan fingerprint density at radius 3 is 2.42 bits per heavy atom. The summed E-state index contributed by atoms with van der Waals surface area (Å²) < 4.78 is 67.3. The minimum atomic E-state index is -4.85. The molecule has 1 aliphatic heterocycles. The summed E-state index contributed by atoms with van der Waals surface area (Å²) in [4.78, 5) is 17.7. The van der Waals surface area contributed by atoms with E-state index in [1.807, 2.05) is 4.90 Å². The van der Waals surface area contributed by atoms with Crippen LogP contribution in [0.15, 0.2) is 41.4 Å². The van der Waals surface area contributed by atoms with Gasteiger partial charge in [0.1, 0.15) is 5.75 Å². The maximum atomic E-state index is 12.8. The van der Waals surface area contributed by atoms with E-state index in [2.05, 4.69) is 9.72 Å². The number of hydroxylamine groups is 1. The van der Waals surface area contributed by atoms with E-state index >= 15 is 0 Å². The Morgan fingerprint density at radius 2 is 1.84 bits per heavy atom. The van der Waals surface area contributed by atoms with Gasteiger partial charge in [-0.15, -0.1) is 13.2 Å². The quantitative estimate of drug-likeness (QED) is 0.371. The number of carbonyl (C=O) groups is 1. The highest BCUT2D eigenvalue weighted by molar-refractivity contribution is 7.89. The van der Waals surface area contributed by atoms with E-state index in [0.29, 0.717) is 23.1 Å². The van der Waals surface area contributed by atoms with Crippen molar-refractivity contribution in [3.05, 3.63) is 41.4 Å². The summed E-state index contributed by atoms with van der Waals surface area (Å²) in [5.41, 5.74) is 1.48. The maximum absolute atomic E-state index is 12.8. The van der Waals surface area contributed by atoms with E-state index in [1.165, 1.54) is 27.2 Å². The molecule has 31 heavy (non-hydrogen) atoms. The number of nitrogens with zero attached hydrogens (tertiary/aromatic N) is 3. The number of hydrogen-bond acceptors (Lipinski definition) is 8. The van der Waals surface area contributed by atoms with Gasteiger partial charge in [0.25, 0.3) is 5.91 Å². The van der Waals surface area contributed by atoms with E-state index in [-0.39, 0.29) is 18.0 Å². The number of carbonyl (C=O) groups excluding carboxylic acids is 1. The van der Waals surface area contributed by atoms with Crippen LogP contribution in [0.2, 0.25) is 0 Å². The number of sulfonamides is 1. The number of ether oxygens (including phenoxy) is 1. The highest BCUT2D eigenvalue weighted by atomic mass is 32.2. The van der Waals surface area contributed by atoms with Crippen LogP contribution >= 0.6 is 11.3 Å². The fraction of sp³-hybridized carbons (Fsp3) is 0.294. The van der Waals surface area contributed by atoms with Crippen molar-refractivity contribution in [1.82, 2.24) is 14.8 Å².